The maximum atomic E-state index is 5.02. The third kappa shape index (κ3) is 7.89. The number of nitrogens with zero attached hydrogens (tertiary/aromatic N) is 1. The van der Waals surface area contributed by atoms with Crippen molar-refractivity contribution in [3.05, 3.63) is 127 Å². The second-order valence-corrected chi connectivity index (χ2v) is 17.0. The van der Waals surface area contributed by atoms with E-state index in [9.17, 15) is 0 Å². The van der Waals surface area contributed by atoms with Crippen LogP contribution >= 0.6 is 12.2 Å². The number of hydrogen-bond donors (Lipinski definition) is 0. The molecule has 4 aromatic rings. The fraction of sp³-hybridized carbons (Fsp3) is 0.194. The Bertz CT molecular complexity index is 1050. The number of thiocarbonyl (C=S) groups is 1. The molecular formula is C31H31NS2Sn. The van der Waals surface area contributed by atoms with Crippen LogP contribution < -0.4 is 10.7 Å². The Hall–Kier alpha value is -2.21. The van der Waals surface area contributed by atoms with Gasteiger partial charge in [-0.3, -0.25) is 0 Å². The summed E-state index contributed by atoms with van der Waals surface area (Å²) in [5.41, 5.74) is 1.45. The predicted molar refractivity (Wildman–Crippen MR) is 158 cm³/mol. The summed E-state index contributed by atoms with van der Waals surface area (Å²) >= 11 is 8.07. The molecule has 0 amide bonds. The van der Waals surface area contributed by atoms with Crippen molar-refractivity contribution in [3.63, 3.8) is 0 Å². The fourth-order valence-corrected chi connectivity index (χ4v) is 12.3. The molecule has 4 heteroatoms. The summed E-state index contributed by atoms with van der Waals surface area (Å²) in [7, 11) is 0. The van der Waals surface area contributed by atoms with Gasteiger partial charge >= 0.3 is 121 Å². The zero-order valence-electron chi connectivity index (χ0n) is 19.9. The van der Waals surface area contributed by atoms with Gasteiger partial charge in [0.1, 0.15) is 0 Å². The second-order valence-electron chi connectivity index (χ2n) is 8.86. The molecule has 0 radical (unpaired) electrons. The van der Waals surface area contributed by atoms with Crippen LogP contribution in [0.4, 0.5) is 0 Å². The molecule has 4 aromatic carbocycles. The van der Waals surface area contributed by atoms with E-state index < -0.39 is 19.8 Å². The molecule has 1 heterocycles. The molecule has 1 aliphatic rings. The summed E-state index contributed by atoms with van der Waals surface area (Å²) in [6, 6.07) is 43.7. The Morgan fingerprint density at radius 2 is 1.03 bits per heavy atom. The number of piperidine rings is 1. The second kappa shape index (κ2) is 13.8. The molecule has 0 saturated carbocycles. The quantitative estimate of drug-likeness (QED) is 0.181. The molecule has 1 nitrogen and oxygen atoms in total. The number of likely N-dealkylation sites (tertiary alicyclic amines) is 1. The van der Waals surface area contributed by atoms with Gasteiger partial charge in [-0.25, -0.2) is 0 Å². The van der Waals surface area contributed by atoms with Crippen LogP contribution in [0, 0.1) is 5.92 Å². The van der Waals surface area contributed by atoms with Crippen LogP contribution in [0.1, 0.15) is 18.4 Å². The average molecular weight is 600 g/mol. The fourth-order valence-electron chi connectivity index (χ4n) is 4.58. The van der Waals surface area contributed by atoms with Crippen LogP contribution in [-0.2, 0) is 19.0 Å². The van der Waals surface area contributed by atoms with Gasteiger partial charge in [0.15, 0.2) is 0 Å². The van der Waals surface area contributed by atoms with Gasteiger partial charge in [-0.05, 0) is 30.7 Å². The molecule has 35 heavy (non-hydrogen) atoms. The van der Waals surface area contributed by atoms with E-state index >= 15 is 0 Å². The third-order valence-electron chi connectivity index (χ3n) is 6.43. The Labute approximate surface area is 228 Å². The van der Waals surface area contributed by atoms with E-state index in [1.165, 1.54) is 35.6 Å². The molecule has 0 bridgehead atoms. The minimum atomic E-state index is -1.98. The average Bonchev–Trinajstić information content (AvgIpc) is 2.92. The number of hydrogen-bond acceptors (Lipinski definition) is 2. The van der Waals surface area contributed by atoms with E-state index in [1.807, 2.05) is 0 Å². The summed E-state index contributed by atoms with van der Waals surface area (Å²) in [5, 5.41) is 0. The molecule has 1 fully saturated rings. The zero-order chi connectivity index (χ0) is 24.3. The van der Waals surface area contributed by atoms with Crippen LogP contribution in [-0.4, -0.2) is 42.1 Å². The van der Waals surface area contributed by atoms with E-state index in [4.69, 9.17) is 24.8 Å². The summed E-state index contributed by atoms with van der Waals surface area (Å²) in [6.45, 7) is 2.08. The third-order valence-corrected chi connectivity index (χ3v) is 14.7. The molecule has 5 rings (SSSR count). The molecule has 1 aliphatic heterocycles. The molecule has 0 unspecified atom stereocenters. The Kier molecular flexibility index (Phi) is 10.2. The van der Waals surface area contributed by atoms with Gasteiger partial charge in [0.05, 0.1) is 0 Å². The van der Waals surface area contributed by atoms with Crippen molar-refractivity contribution in [1.82, 2.24) is 4.90 Å². The van der Waals surface area contributed by atoms with Crippen molar-refractivity contribution in [2.45, 2.75) is 19.3 Å². The van der Waals surface area contributed by atoms with Gasteiger partial charge < -0.3 is 29.7 Å². The summed E-state index contributed by atoms with van der Waals surface area (Å²) < 4.78 is 5.23. The van der Waals surface area contributed by atoms with E-state index in [-0.39, 0.29) is 0 Å². The van der Waals surface area contributed by atoms with Crippen molar-refractivity contribution in [3.8, 4) is 0 Å². The van der Waals surface area contributed by atoms with Crippen molar-refractivity contribution >= 4 is 59.7 Å². The Morgan fingerprint density at radius 1 is 0.657 bits per heavy atom. The molecule has 0 spiro atoms. The first kappa shape index (κ1) is 25.9. The standard InChI is InChI=1S/C13H17NS2.3C6H5.Sn/c15-13(16)14-8-6-12(7-9-14)10-11-4-2-1-3-5-11;3*1-2-4-6-5-3-1;/h1-5,12H,6-10H2,(H,15,16);3*1-5H;/q;;;;+1/p-1. The molecule has 0 aromatic heterocycles. The van der Waals surface area contributed by atoms with E-state index in [2.05, 4.69) is 126 Å². The van der Waals surface area contributed by atoms with Crippen LogP contribution in [0.25, 0.3) is 0 Å². The Balaban J connectivity index is 0.000000168. The zero-order valence-corrected chi connectivity index (χ0v) is 24.4. The van der Waals surface area contributed by atoms with E-state index in [0.717, 1.165) is 19.0 Å². The molecule has 0 aliphatic carbocycles. The number of rotatable bonds is 5. The van der Waals surface area contributed by atoms with E-state index in [1.54, 1.807) is 0 Å². The normalized spacial score (nSPS) is 13.4. The summed E-state index contributed by atoms with van der Waals surface area (Å²) in [4.78, 5) is 2.14. The van der Waals surface area contributed by atoms with Crippen molar-refractivity contribution in [2.75, 3.05) is 13.1 Å². The molecule has 176 valence electrons. The summed E-state index contributed by atoms with van der Waals surface area (Å²) in [5.74, 6) is 0.794. The first-order chi connectivity index (χ1) is 17.2. The van der Waals surface area contributed by atoms with E-state index in [0.29, 0.717) is 4.32 Å². The monoisotopic (exact) mass is 601 g/mol. The maximum absolute atomic E-state index is 5.02. The van der Waals surface area contributed by atoms with Crippen molar-refractivity contribution < 1.29 is 0 Å². The Morgan fingerprint density at radius 3 is 1.40 bits per heavy atom. The van der Waals surface area contributed by atoms with Crippen molar-refractivity contribution in [2.24, 2.45) is 5.92 Å². The van der Waals surface area contributed by atoms with Gasteiger partial charge in [-0.2, -0.15) is 0 Å². The van der Waals surface area contributed by atoms with Crippen LogP contribution in [0.15, 0.2) is 121 Å². The first-order valence-electron chi connectivity index (χ1n) is 12.2. The number of benzene rings is 4. The van der Waals surface area contributed by atoms with Gasteiger partial charge in [0.2, 0.25) is 0 Å². The first-order valence-corrected chi connectivity index (χ1v) is 17.3. The van der Waals surface area contributed by atoms with Gasteiger partial charge in [-0.1, -0.05) is 34.7 Å². The van der Waals surface area contributed by atoms with Gasteiger partial charge in [0.25, 0.3) is 0 Å². The predicted octanol–water partition coefficient (Wildman–Crippen LogP) is 4.98. The molecule has 0 N–H and O–H groups in total. The molecular weight excluding hydrogens is 569 g/mol. The summed E-state index contributed by atoms with van der Waals surface area (Å²) in [6.07, 6.45) is 3.62. The van der Waals surface area contributed by atoms with Crippen molar-refractivity contribution in [1.29, 1.82) is 0 Å². The SMILES string of the molecule is S=C([S-])N1CCC(Cc2ccccc2)CC1.c1cc[c]([Sn+]([c]2ccccc2)[c]2ccccc2)cc1. The molecule has 1 saturated heterocycles. The van der Waals surface area contributed by atoms with Crippen LogP contribution in [0.3, 0.4) is 0 Å². The molecule has 0 atom stereocenters. The van der Waals surface area contributed by atoms with Crippen LogP contribution in [0.5, 0.6) is 0 Å². The minimum absolute atomic E-state index is 0.637. The van der Waals surface area contributed by atoms with Gasteiger partial charge in [-0.15, -0.1) is 0 Å². The van der Waals surface area contributed by atoms with Crippen LogP contribution in [0.2, 0.25) is 0 Å². The van der Waals surface area contributed by atoms with Gasteiger partial charge in [0, 0.05) is 13.1 Å². The topological polar surface area (TPSA) is 3.24 Å².